The van der Waals surface area contributed by atoms with Crippen LogP contribution in [0.1, 0.15) is 111 Å². The van der Waals surface area contributed by atoms with Crippen LogP contribution in [-0.2, 0) is 28.8 Å². The average Bonchev–Trinajstić information content (AvgIpc) is 4.06. The van der Waals surface area contributed by atoms with Crippen molar-refractivity contribution < 1.29 is 38.4 Å². The molecule has 0 aromatic heterocycles. The molecule has 2 heterocycles. The van der Waals surface area contributed by atoms with Crippen molar-refractivity contribution in [3.8, 4) is 0 Å². The number of carbonyl (C=O) groups excluding carboxylic acids is 8. The van der Waals surface area contributed by atoms with Crippen LogP contribution in [0.3, 0.4) is 0 Å². The fraction of sp³-hybridized carbons (Fsp3) is 0.480. The highest BCUT2D eigenvalue weighted by molar-refractivity contribution is 6.00. The molecule has 2 saturated heterocycles. The Hall–Kier alpha value is -6.66. The number of amides is 8. The van der Waals surface area contributed by atoms with Gasteiger partial charge in [-0.05, 0) is 117 Å². The Morgan fingerprint density at radius 3 is 1.13 bits per heavy atom. The van der Waals surface area contributed by atoms with E-state index >= 15 is 0 Å². The zero-order chi connectivity index (χ0) is 49.7. The van der Waals surface area contributed by atoms with Gasteiger partial charge in [0.1, 0.15) is 24.2 Å². The van der Waals surface area contributed by atoms with Crippen molar-refractivity contribution in [3.63, 3.8) is 0 Å². The number of hydrogen-bond donors (Lipinski definition) is 8. The molecular formula is C50H68N10O8. The maximum Gasteiger partial charge on any atom is 0.251 e. The number of benzene rings is 3. The van der Waals surface area contributed by atoms with Crippen molar-refractivity contribution in [3.05, 3.63) is 107 Å². The molecule has 0 aliphatic carbocycles. The van der Waals surface area contributed by atoms with Crippen molar-refractivity contribution in [1.29, 1.82) is 0 Å². The van der Waals surface area contributed by atoms with Gasteiger partial charge in [-0.3, -0.25) is 38.4 Å². The first-order valence-corrected chi connectivity index (χ1v) is 23.4. The molecule has 18 nitrogen and oxygen atoms in total. The first kappa shape index (κ1) is 52.3. The van der Waals surface area contributed by atoms with Crippen LogP contribution in [0.4, 0.5) is 0 Å². The summed E-state index contributed by atoms with van der Waals surface area (Å²) in [6.07, 6.45) is 2.01. The molecule has 0 radical (unpaired) electrons. The molecule has 8 amide bonds. The number of nitrogens with zero attached hydrogens (tertiary/aromatic N) is 2. The largest absolute Gasteiger partial charge is 0.348 e. The highest BCUT2D eigenvalue weighted by atomic mass is 16.2. The molecule has 3 aromatic carbocycles. The van der Waals surface area contributed by atoms with E-state index in [1.807, 2.05) is 74.5 Å². The summed E-state index contributed by atoms with van der Waals surface area (Å²) in [6, 6.07) is 16.8. The molecule has 0 unspecified atom stereocenters. The van der Waals surface area contributed by atoms with Gasteiger partial charge in [0.15, 0.2) is 0 Å². The lowest BCUT2D eigenvalue weighted by Crippen LogP contribution is -2.62. The molecule has 10 atom stereocenters. The van der Waals surface area contributed by atoms with Crippen LogP contribution in [-0.4, -0.2) is 133 Å². The Balaban J connectivity index is 1.26. The second kappa shape index (κ2) is 24.4. The van der Waals surface area contributed by atoms with Crippen LogP contribution < -0.4 is 42.5 Å². The van der Waals surface area contributed by atoms with Gasteiger partial charge in [-0.25, -0.2) is 0 Å². The molecular weight excluding hydrogens is 869 g/mol. The van der Waals surface area contributed by atoms with E-state index < -0.39 is 83.8 Å². The van der Waals surface area contributed by atoms with E-state index in [2.05, 4.69) is 42.5 Å². The molecule has 3 aromatic rings. The molecule has 0 saturated carbocycles. The van der Waals surface area contributed by atoms with Gasteiger partial charge in [-0.2, -0.15) is 0 Å². The van der Waals surface area contributed by atoms with Crippen LogP contribution in [0.25, 0.3) is 0 Å². The van der Waals surface area contributed by atoms with E-state index in [1.165, 1.54) is 34.1 Å². The first-order valence-electron chi connectivity index (χ1n) is 23.4. The van der Waals surface area contributed by atoms with Crippen molar-refractivity contribution in [2.24, 2.45) is 0 Å². The second-order valence-electron chi connectivity index (χ2n) is 17.8. The summed E-state index contributed by atoms with van der Waals surface area (Å²) in [6.45, 7) is 10.7. The number of rotatable bonds is 20. The Morgan fingerprint density at radius 2 is 0.809 bits per heavy atom. The Kier molecular flexibility index (Phi) is 18.8. The number of nitrogens with one attached hydrogen (secondary N) is 8. The fourth-order valence-corrected chi connectivity index (χ4v) is 8.37. The van der Waals surface area contributed by atoms with Crippen LogP contribution in [0.15, 0.2) is 84.9 Å². The summed E-state index contributed by atoms with van der Waals surface area (Å²) in [5, 5.41) is 22.9. The van der Waals surface area contributed by atoms with Crippen molar-refractivity contribution >= 4 is 47.3 Å². The van der Waals surface area contributed by atoms with Gasteiger partial charge in [0, 0.05) is 24.2 Å². The normalized spacial score (nSPS) is 19.2. The third-order valence-electron chi connectivity index (χ3n) is 12.9. The lowest BCUT2D eigenvalue weighted by atomic mass is 10.0. The number of carbonyl (C=O) groups is 8. The molecule has 5 rings (SSSR count). The highest BCUT2D eigenvalue weighted by Crippen LogP contribution is 2.23. The lowest BCUT2D eigenvalue weighted by Gasteiger charge is -2.33. The molecule has 0 bridgehead atoms. The van der Waals surface area contributed by atoms with E-state index in [0.717, 1.165) is 11.1 Å². The zero-order valence-corrected chi connectivity index (χ0v) is 40.3. The Labute approximate surface area is 398 Å². The monoisotopic (exact) mass is 937 g/mol. The average molecular weight is 937 g/mol. The molecule has 2 fully saturated rings. The smallest absolute Gasteiger partial charge is 0.251 e. The first-order chi connectivity index (χ1) is 32.4. The summed E-state index contributed by atoms with van der Waals surface area (Å²) in [4.78, 5) is 112. The van der Waals surface area contributed by atoms with E-state index in [0.29, 0.717) is 25.7 Å². The van der Waals surface area contributed by atoms with Gasteiger partial charge in [-0.15, -0.1) is 0 Å². The zero-order valence-electron chi connectivity index (χ0n) is 40.3. The third kappa shape index (κ3) is 13.3. The quantitative estimate of drug-likeness (QED) is 0.0819. The molecule has 8 N–H and O–H groups in total. The SMILES string of the molecule is CN[C@@H](C)C(=O)N[C@H](C(=O)N1CCC[C@H]1C(=O)N[C@H](C)c1ccccc1)[C@H](C)NC(=O)c1ccc(C(=O)N[C@@H](C)[C@H](NC(=O)[C@H](C)NC)C(=O)N2CCC[C@H]2C(=O)N[C@H](C)c2ccccc2)cc1. The van der Waals surface area contributed by atoms with Gasteiger partial charge in [0.2, 0.25) is 35.4 Å². The van der Waals surface area contributed by atoms with Crippen molar-refractivity contribution in [2.45, 2.75) is 128 Å². The van der Waals surface area contributed by atoms with E-state index in [-0.39, 0.29) is 48.1 Å². The minimum atomic E-state index is -1.23. The highest BCUT2D eigenvalue weighted by Gasteiger charge is 2.42. The molecule has 2 aliphatic rings. The summed E-state index contributed by atoms with van der Waals surface area (Å²) >= 11 is 0. The Morgan fingerprint density at radius 1 is 0.471 bits per heavy atom. The fourth-order valence-electron chi connectivity index (χ4n) is 8.37. The van der Waals surface area contributed by atoms with Crippen molar-refractivity contribution in [2.75, 3.05) is 27.2 Å². The number of likely N-dealkylation sites (N-methyl/N-ethyl adjacent to an activating group) is 2. The van der Waals surface area contributed by atoms with Gasteiger partial charge in [0.05, 0.1) is 36.3 Å². The number of hydrogen-bond acceptors (Lipinski definition) is 10. The third-order valence-corrected chi connectivity index (χ3v) is 12.9. The minimum Gasteiger partial charge on any atom is -0.348 e. The summed E-state index contributed by atoms with van der Waals surface area (Å²) in [5.74, 6) is -3.81. The van der Waals surface area contributed by atoms with Crippen LogP contribution in [0, 0.1) is 0 Å². The van der Waals surface area contributed by atoms with Crippen LogP contribution in [0.5, 0.6) is 0 Å². The van der Waals surface area contributed by atoms with Gasteiger partial charge in [0.25, 0.3) is 11.8 Å². The van der Waals surface area contributed by atoms with E-state index in [4.69, 9.17) is 0 Å². The predicted octanol–water partition coefficient (Wildman–Crippen LogP) is 1.85. The minimum absolute atomic E-state index is 0.150. The molecule has 68 heavy (non-hydrogen) atoms. The number of likely N-dealkylation sites (tertiary alicyclic amines) is 2. The molecule has 18 heteroatoms. The van der Waals surface area contributed by atoms with Gasteiger partial charge < -0.3 is 52.3 Å². The van der Waals surface area contributed by atoms with Crippen LogP contribution >= 0.6 is 0 Å². The summed E-state index contributed by atoms with van der Waals surface area (Å²) in [7, 11) is 3.21. The Bertz CT molecular complexity index is 2090. The van der Waals surface area contributed by atoms with E-state index in [9.17, 15) is 38.4 Å². The van der Waals surface area contributed by atoms with Gasteiger partial charge >= 0.3 is 0 Å². The molecule has 0 spiro atoms. The van der Waals surface area contributed by atoms with E-state index in [1.54, 1.807) is 41.8 Å². The maximum atomic E-state index is 14.3. The molecule has 2 aliphatic heterocycles. The second-order valence-corrected chi connectivity index (χ2v) is 17.8. The topological polar surface area (TPSA) is 239 Å². The van der Waals surface area contributed by atoms with Crippen molar-refractivity contribution in [1.82, 2.24) is 52.3 Å². The lowest BCUT2D eigenvalue weighted by molar-refractivity contribution is -0.142. The van der Waals surface area contributed by atoms with Crippen LogP contribution in [0.2, 0.25) is 0 Å². The molecule has 366 valence electrons. The summed E-state index contributed by atoms with van der Waals surface area (Å²) in [5.41, 5.74) is 2.12. The van der Waals surface area contributed by atoms with Gasteiger partial charge in [-0.1, -0.05) is 60.7 Å². The predicted molar refractivity (Wildman–Crippen MR) is 257 cm³/mol. The summed E-state index contributed by atoms with van der Waals surface area (Å²) < 4.78 is 0. The standard InChI is InChI=1S/C50H68N10O8/c1-29(35-17-11-9-12-18-35)53-47(65)39-21-15-27-59(39)49(67)41(57-43(61)33(5)51-7)31(3)55-45(63)37-23-25-38(26-24-37)46(64)56-32(4)42(58-44(62)34(6)52-8)50(68)60-28-16-22-40(60)48(66)54-30(2)36-19-13-10-14-20-36/h9-14,17-20,23-26,29-34,39-42,51-52H,15-16,21-22,27-28H2,1-8H3,(H,53,65)(H,54,66)(H,55,63)(H,56,64)(H,57,61)(H,58,62)/t29-,30-,31+,32+,33+,34+,39+,40+,41+,42+/m1/s1. The maximum absolute atomic E-state index is 14.3.